The number of nitrogens with one attached hydrogen (secondary N) is 2. The first-order valence-electron chi connectivity index (χ1n) is 6.42. The summed E-state index contributed by atoms with van der Waals surface area (Å²) in [5.74, 6) is -1.14. The van der Waals surface area contributed by atoms with Crippen molar-refractivity contribution >= 4 is 34.1 Å². The van der Waals surface area contributed by atoms with Gasteiger partial charge >= 0.3 is 5.76 Å². The topological polar surface area (TPSA) is 144 Å². The minimum absolute atomic E-state index is 0.0241. The highest BCUT2D eigenvalue weighted by Gasteiger charge is 2.16. The van der Waals surface area contributed by atoms with Gasteiger partial charge < -0.3 is 15.5 Å². The van der Waals surface area contributed by atoms with E-state index in [0.717, 1.165) is 6.07 Å². The third kappa shape index (κ3) is 2.75. The van der Waals surface area contributed by atoms with Crippen LogP contribution in [0.1, 0.15) is 10.4 Å². The molecule has 116 valence electrons. The lowest BCUT2D eigenvalue weighted by atomic mass is 10.1. The van der Waals surface area contributed by atoms with E-state index in [1.807, 2.05) is 0 Å². The first-order valence-corrected chi connectivity index (χ1v) is 6.42. The number of nitro benzene ring substituents is 1. The molecule has 3 aromatic rings. The van der Waals surface area contributed by atoms with Crippen LogP contribution in [-0.2, 0) is 0 Å². The number of nitro groups is 1. The summed E-state index contributed by atoms with van der Waals surface area (Å²) in [6.07, 6.45) is 0. The van der Waals surface area contributed by atoms with E-state index in [0.29, 0.717) is 16.8 Å². The van der Waals surface area contributed by atoms with Crippen molar-refractivity contribution in [2.24, 2.45) is 0 Å². The van der Waals surface area contributed by atoms with Gasteiger partial charge in [-0.05, 0) is 30.3 Å². The fourth-order valence-corrected chi connectivity index (χ4v) is 2.08. The van der Waals surface area contributed by atoms with E-state index in [9.17, 15) is 19.7 Å². The van der Waals surface area contributed by atoms with E-state index in [2.05, 4.69) is 10.3 Å². The number of aromatic nitrogens is 1. The number of benzene rings is 2. The normalized spacial score (nSPS) is 10.6. The van der Waals surface area contributed by atoms with Crippen LogP contribution in [0.15, 0.2) is 45.6 Å². The predicted molar refractivity (Wildman–Crippen MR) is 82.3 cm³/mol. The van der Waals surface area contributed by atoms with Crippen LogP contribution in [-0.4, -0.2) is 15.8 Å². The number of rotatable bonds is 3. The molecule has 3 rings (SSSR count). The summed E-state index contributed by atoms with van der Waals surface area (Å²) in [5, 5.41) is 13.4. The SMILES string of the molecule is Nc1ccc(C(=O)Nc2ccc3oc(=O)[nH]c3c2)cc1[N+](=O)[O-]. The molecule has 1 amide bonds. The number of aromatic amines is 1. The van der Waals surface area contributed by atoms with E-state index in [1.54, 1.807) is 6.07 Å². The predicted octanol–water partition coefficient (Wildman–Crippen LogP) is 1.86. The summed E-state index contributed by atoms with van der Waals surface area (Å²) in [7, 11) is 0. The molecule has 0 atom stereocenters. The van der Waals surface area contributed by atoms with Gasteiger partial charge in [0.1, 0.15) is 5.69 Å². The quantitative estimate of drug-likeness (QED) is 0.382. The molecule has 0 spiro atoms. The molecular formula is C14H10N4O5. The van der Waals surface area contributed by atoms with Gasteiger partial charge in [-0.15, -0.1) is 0 Å². The molecule has 1 heterocycles. The molecule has 0 bridgehead atoms. The summed E-state index contributed by atoms with van der Waals surface area (Å²) in [6.45, 7) is 0. The number of nitrogen functional groups attached to an aromatic ring is 1. The summed E-state index contributed by atoms with van der Waals surface area (Å²) >= 11 is 0. The van der Waals surface area contributed by atoms with E-state index >= 15 is 0 Å². The number of nitrogens with two attached hydrogens (primary N) is 1. The van der Waals surface area contributed by atoms with Gasteiger partial charge in [0.15, 0.2) is 5.58 Å². The molecule has 0 aliphatic rings. The van der Waals surface area contributed by atoms with Crippen molar-refractivity contribution in [2.75, 3.05) is 11.1 Å². The average molecular weight is 314 g/mol. The van der Waals surface area contributed by atoms with Crippen molar-refractivity contribution in [3.8, 4) is 0 Å². The third-order valence-corrected chi connectivity index (χ3v) is 3.17. The highest BCUT2D eigenvalue weighted by molar-refractivity contribution is 6.05. The second-order valence-electron chi connectivity index (χ2n) is 4.71. The minimum atomic E-state index is -0.658. The van der Waals surface area contributed by atoms with Crippen LogP contribution in [0, 0.1) is 10.1 Å². The molecule has 0 aliphatic heterocycles. The van der Waals surface area contributed by atoms with Crippen LogP contribution in [0.5, 0.6) is 0 Å². The van der Waals surface area contributed by atoms with Crippen LogP contribution in [0.4, 0.5) is 17.1 Å². The van der Waals surface area contributed by atoms with E-state index in [4.69, 9.17) is 10.2 Å². The smallest absolute Gasteiger partial charge is 0.408 e. The van der Waals surface area contributed by atoms with Crippen LogP contribution >= 0.6 is 0 Å². The van der Waals surface area contributed by atoms with Gasteiger partial charge in [0, 0.05) is 17.3 Å². The highest BCUT2D eigenvalue weighted by Crippen LogP contribution is 2.23. The number of amides is 1. The number of fused-ring (bicyclic) bond motifs is 1. The Morgan fingerprint density at radius 1 is 1.26 bits per heavy atom. The number of H-pyrrole nitrogens is 1. The Bertz CT molecular complexity index is 988. The number of carbonyl (C=O) groups is 1. The van der Waals surface area contributed by atoms with Crippen LogP contribution in [0.3, 0.4) is 0 Å². The molecule has 0 radical (unpaired) electrons. The molecule has 1 aromatic heterocycles. The number of carbonyl (C=O) groups excluding carboxylic acids is 1. The van der Waals surface area contributed by atoms with Gasteiger partial charge in [0.25, 0.3) is 11.6 Å². The monoisotopic (exact) mass is 314 g/mol. The van der Waals surface area contributed by atoms with Crippen molar-refractivity contribution in [1.29, 1.82) is 0 Å². The standard InChI is InChI=1S/C14H10N4O5/c15-9-3-1-7(5-11(9)18(21)22)13(19)16-8-2-4-12-10(6-8)17-14(20)23-12/h1-6H,15H2,(H,16,19)(H,17,20). The molecule has 2 aromatic carbocycles. The van der Waals surface area contributed by atoms with Crippen molar-refractivity contribution in [2.45, 2.75) is 0 Å². The van der Waals surface area contributed by atoms with Gasteiger partial charge in [-0.1, -0.05) is 0 Å². The fraction of sp³-hybridized carbons (Fsp3) is 0. The lowest BCUT2D eigenvalue weighted by molar-refractivity contribution is -0.383. The molecular weight excluding hydrogens is 304 g/mol. The number of oxazole rings is 1. The first kappa shape index (κ1) is 14.3. The van der Waals surface area contributed by atoms with Gasteiger partial charge in [-0.25, -0.2) is 4.79 Å². The lowest BCUT2D eigenvalue weighted by Gasteiger charge is -2.06. The third-order valence-electron chi connectivity index (χ3n) is 3.17. The van der Waals surface area contributed by atoms with Crippen molar-refractivity contribution in [3.05, 3.63) is 62.6 Å². The number of anilines is 2. The van der Waals surface area contributed by atoms with Crippen molar-refractivity contribution in [3.63, 3.8) is 0 Å². The second kappa shape index (κ2) is 5.30. The maximum absolute atomic E-state index is 12.2. The molecule has 4 N–H and O–H groups in total. The summed E-state index contributed by atoms with van der Waals surface area (Å²) in [6, 6.07) is 8.36. The fourth-order valence-electron chi connectivity index (χ4n) is 2.08. The molecule has 9 nitrogen and oxygen atoms in total. The zero-order chi connectivity index (χ0) is 16.6. The van der Waals surface area contributed by atoms with Gasteiger partial charge in [-0.3, -0.25) is 19.9 Å². The van der Waals surface area contributed by atoms with Crippen molar-refractivity contribution < 1.29 is 14.1 Å². The molecule has 0 saturated carbocycles. The van der Waals surface area contributed by atoms with E-state index < -0.39 is 16.6 Å². The van der Waals surface area contributed by atoms with Crippen LogP contribution in [0.2, 0.25) is 0 Å². The largest absolute Gasteiger partial charge is 0.417 e. The maximum Gasteiger partial charge on any atom is 0.417 e. The molecule has 9 heteroatoms. The Kier molecular flexibility index (Phi) is 3.30. The molecule has 0 aliphatic carbocycles. The molecule has 23 heavy (non-hydrogen) atoms. The first-order chi connectivity index (χ1) is 10.9. The maximum atomic E-state index is 12.2. The highest BCUT2D eigenvalue weighted by atomic mass is 16.6. The van der Waals surface area contributed by atoms with Gasteiger partial charge in [0.2, 0.25) is 0 Å². The Balaban J connectivity index is 1.89. The average Bonchev–Trinajstić information content (AvgIpc) is 2.86. The summed E-state index contributed by atoms with van der Waals surface area (Å²) in [5.41, 5.74) is 6.40. The van der Waals surface area contributed by atoms with Gasteiger partial charge in [0.05, 0.1) is 10.4 Å². The summed E-state index contributed by atoms with van der Waals surface area (Å²) < 4.78 is 4.86. The number of hydrogen-bond acceptors (Lipinski definition) is 6. The zero-order valence-electron chi connectivity index (χ0n) is 11.5. The molecule has 0 unspecified atom stereocenters. The lowest BCUT2D eigenvalue weighted by Crippen LogP contribution is -2.12. The minimum Gasteiger partial charge on any atom is -0.408 e. The Morgan fingerprint density at radius 2 is 2.04 bits per heavy atom. The zero-order valence-corrected chi connectivity index (χ0v) is 11.5. The number of hydrogen-bond donors (Lipinski definition) is 3. The Morgan fingerprint density at radius 3 is 2.78 bits per heavy atom. The molecule has 0 saturated heterocycles. The van der Waals surface area contributed by atoms with E-state index in [-0.39, 0.29) is 16.9 Å². The van der Waals surface area contributed by atoms with E-state index in [1.165, 1.54) is 24.3 Å². The second-order valence-corrected chi connectivity index (χ2v) is 4.71. The Labute approximate surface area is 127 Å². The van der Waals surface area contributed by atoms with Gasteiger partial charge in [-0.2, -0.15) is 0 Å². The number of nitrogens with zero attached hydrogens (tertiary/aromatic N) is 1. The van der Waals surface area contributed by atoms with Crippen LogP contribution < -0.4 is 16.8 Å². The van der Waals surface area contributed by atoms with Crippen LogP contribution in [0.25, 0.3) is 11.1 Å². The Hall–Kier alpha value is -3.62. The molecule has 0 fully saturated rings. The summed E-state index contributed by atoms with van der Waals surface area (Å²) in [4.78, 5) is 35.9. The van der Waals surface area contributed by atoms with Crippen molar-refractivity contribution in [1.82, 2.24) is 4.98 Å².